The van der Waals surface area contributed by atoms with Crippen LogP contribution in [0.3, 0.4) is 0 Å². The number of carbonyl (C=O) groups is 1. The Labute approximate surface area is 96.8 Å². The van der Waals surface area contributed by atoms with Crippen molar-refractivity contribution >= 4 is 5.78 Å². The van der Waals surface area contributed by atoms with Crippen LogP contribution >= 0.6 is 0 Å². The minimum Gasteiger partial charge on any atom is -0.497 e. The van der Waals surface area contributed by atoms with Crippen molar-refractivity contribution in [2.45, 2.75) is 20.4 Å². The number of ketones is 1. The van der Waals surface area contributed by atoms with E-state index in [1.54, 1.807) is 7.11 Å². The lowest BCUT2D eigenvalue weighted by molar-refractivity contribution is -0.121. The summed E-state index contributed by atoms with van der Waals surface area (Å²) in [6.45, 7) is 4.97. The maximum atomic E-state index is 11.4. The highest BCUT2D eigenvalue weighted by atomic mass is 16.5. The summed E-state index contributed by atoms with van der Waals surface area (Å²) < 4.78 is 5.07. The molecule has 0 spiro atoms. The fourth-order valence-corrected chi connectivity index (χ4v) is 1.28. The standard InChI is InChI=1S/C13H19NO2/c1-10(2)13(15)9-14-8-11-4-6-12(16-3)7-5-11/h4-7,10,14H,8-9H2,1-3H3. The second-order valence-electron chi connectivity index (χ2n) is 4.07. The predicted octanol–water partition coefficient (Wildman–Crippen LogP) is 2.01. The number of carbonyl (C=O) groups excluding carboxylic acids is 1. The third-order valence-corrected chi connectivity index (χ3v) is 2.43. The van der Waals surface area contributed by atoms with Crippen molar-refractivity contribution in [3.8, 4) is 5.75 Å². The van der Waals surface area contributed by atoms with Gasteiger partial charge in [-0.15, -0.1) is 0 Å². The van der Waals surface area contributed by atoms with Crippen LogP contribution in [-0.2, 0) is 11.3 Å². The zero-order chi connectivity index (χ0) is 12.0. The Bertz CT molecular complexity index is 330. The average molecular weight is 221 g/mol. The summed E-state index contributed by atoms with van der Waals surface area (Å²) in [5.41, 5.74) is 1.15. The fourth-order valence-electron chi connectivity index (χ4n) is 1.28. The molecule has 1 aromatic rings. The van der Waals surface area contributed by atoms with E-state index in [0.717, 1.165) is 11.3 Å². The molecule has 1 N–H and O–H groups in total. The Morgan fingerprint density at radius 3 is 2.44 bits per heavy atom. The van der Waals surface area contributed by atoms with Crippen molar-refractivity contribution in [2.24, 2.45) is 5.92 Å². The van der Waals surface area contributed by atoms with Gasteiger partial charge in [0.25, 0.3) is 0 Å². The molecular formula is C13H19NO2. The van der Waals surface area contributed by atoms with Crippen molar-refractivity contribution in [1.82, 2.24) is 5.32 Å². The highest BCUT2D eigenvalue weighted by molar-refractivity contribution is 5.82. The third-order valence-electron chi connectivity index (χ3n) is 2.43. The zero-order valence-corrected chi connectivity index (χ0v) is 10.1. The van der Waals surface area contributed by atoms with Crippen LogP contribution in [0, 0.1) is 5.92 Å². The quantitative estimate of drug-likeness (QED) is 0.798. The molecule has 0 amide bonds. The molecule has 0 saturated heterocycles. The lowest BCUT2D eigenvalue weighted by Gasteiger charge is -2.07. The number of methoxy groups -OCH3 is 1. The van der Waals surface area contributed by atoms with Gasteiger partial charge in [0.05, 0.1) is 13.7 Å². The molecule has 88 valence electrons. The van der Waals surface area contributed by atoms with Gasteiger partial charge < -0.3 is 10.1 Å². The summed E-state index contributed by atoms with van der Waals surface area (Å²) in [6, 6.07) is 7.82. The van der Waals surface area contributed by atoms with Gasteiger partial charge in [0.2, 0.25) is 0 Å². The van der Waals surface area contributed by atoms with Crippen LogP contribution in [0.2, 0.25) is 0 Å². The Morgan fingerprint density at radius 2 is 1.94 bits per heavy atom. The topological polar surface area (TPSA) is 38.3 Å². The summed E-state index contributed by atoms with van der Waals surface area (Å²) in [7, 11) is 1.65. The molecule has 0 aromatic heterocycles. The molecule has 3 nitrogen and oxygen atoms in total. The first-order valence-corrected chi connectivity index (χ1v) is 5.50. The molecule has 0 heterocycles. The molecule has 1 aromatic carbocycles. The summed E-state index contributed by atoms with van der Waals surface area (Å²) in [4.78, 5) is 11.4. The van der Waals surface area contributed by atoms with Crippen molar-refractivity contribution in [1.29, 1.82) is 0 Å². The minimum atomic E-state index is 0.100. The zero-order valence-electron chi connectivity index (χ0n) is 10.1. The molecule has 1 rings (SSSR count). The van der Waals surface area contributed by atoms with Crippen LogP contribution in [0.25, 0.3) is 0 Å². The van der Waals surface area contributed by atoms with Gasteiger partial charge >= 0.3 is 0 Å². The van der Waals surface area contributed by atoms with Crippen LogP contribution < -0.4 is 10.1 Å². The van der Waals surface area contributed by atoms with Gasteiger partial charge in [-0.05, 0) is 17.7 Å². The number of benzene rings is 1. The van der Waals surface area contributed by atoms with Gasteiger partial charge in [-0.3, -0.25) is 4.79 Å². The monoisotopic (exact) mass is 221 g/mol. The Hall–Kier alpha value is -1.35. The Balaban J connectivity index is 2.34. The summed E-state index contributed by atoms with van der Waals surface area (Å²) in [6.07, 6.45) is 0. The lowest BCUT2D eigenvalue weighted by Crippen LogP contribution is -2.25. The van der Waals surface area contributed by atoms with Crippen molar-refractivity contribution in [2.75, 3.05) is 13.7 Å². The number of hydrogen-bond donors (Lipinski definition) is 1. The van der Waals surface area contributed by atoms with Crippen LogP contribution in [0.15, 0.2) is 24.3 Å². The van der Waals surface area contributed by atoms with E-state index in [9.17, 15) is 4.79 Å². The molecule has 0 aliphatic carbocycles. The van der Waals surface area contributed by atoms with E-state index in [4.69, 9.17) is 4.74 Å². The fraction of sp³-hybridized carbons (Fsp3) is 0.462. The van der Waals surface area contributed by atoms with Gasteiger partial charge in [0, 0.05) is 12.5 Å². The van der Waals surface area contributed by atoms with Crippen LogP contribution in [0.1, 0.15) is 19.4 Å². The molecule has 16 heavy (non-hydrogen) atoms. The van der Waals surface area contributed by atoms with Crippen LogP contribution in [0.5, 0.6) is 5.75 Å². The third kappa shape index (κ3) is 4.03. The molecule has 0 saturated carbocycles. The number of rotatable bonds is 6. The van der Waals surface area contributed by atoms with E-state index < -0.39 is 0 Å². The summed E-state index contributed by atoms with van der Waals surface area (Å²) in [5.74, 6) is 1.19. The Morgan fingerprint density at radius 1 is 1.31 bits per heavy atom. The molecular weight excluding hydrogens is 202 g/mol. The second kappa shape index (κ2) is 6.28. The Kier molecular flexibility index (Phi) is 4.99. The van der Waals surface area contributed by atoms with E-state index in [0.29, 0.717) is 13.1 Å². The molecule has 0 aliphatic heterocycles. The van der Waals surface area contributed by atoms with E-state index >= 15 is 0 Å². The second-order valence-corrected chi connectivity index (χ2v) is 4.07. The molecule has 0 fully saturated rings. The van der Waals surface area contributed by atoms with E-state index in [2.05, 4.69) is 5.32 Å². The van der Waals surface area contributed by atoms with Gasteiger partial charge in [-0.1, -0.05) is 26.0 Å². The average Bonchev–Trinajstić information content (AvgIpc) is 2.29. The van der Waals surface area contributed by atoms with Crippen molar-refractivity contribution in [3.05, 3.63) is 29.8 Å². The van der Waals surface area contributed by atoms with E-state index in [-0.39, 0.29) is 11.7 Å². The number of hydrogen-bond acceptors (Lipinski definition) is 3. The number of ether oxygens (including phenoxy) is 1. The molecule has 0 atom stereocenters. The summed E-state index contributed by atoms with van der Waals surface area (Å²) in [5, 5.41) is 3.13. The maximum Gasteiger partial charge on any atom is 0.149 e. The highest BCUT2D eigenvalue weighted by Crippen LogP contribution is 2.10. The minimum absolute atomic E-state index is 0.100. The smallest absolute Gasteiger partial charge is 0.149 e. The first-order chi connectivity index (χ1) is 7.63. The van der Waals surface area contributed by atoms with Crippen molar-refractivity contribution in [3.63, 3.8) is 0 Å². The molecule has 0 bridgehead atoms. The largest absolute Gasteiger partial charge is 0.497 e. The van der Waals surface area contributed by atoms with Crippen molar-refractivity contribution < 1.29 is 9.53 Å². The van der Waals surface area contributed by atoms with Crippen LogP contribution in [0.4, 0.5) is 0 Å². The summed E-state index contributed by atoms with van der Waals surface area (Å²) >= 11 is 0. The predicted molar refractivity (Wildman–Crippen MR) is 64.5 cm³/mol. The van der Waals surface area contributed by atoms with Crippen LogP contribution in [-0.4, -0.2) is 19.4 Å². The molecule has 0 aliphatic rings. The molecule has 0 unspecified atom stereocenters. The maximum absolute atomic E-state index is 11.4. The lowest BCUT2D eigenvalue weighted by atomic mass is 10.1. The SMILES string of the molecule is COc1ccc(CNCC(=O)C(C)C)cc1. The van der Waals surface area contributed by atoms with Gasteiger partial charge in [-0.25, -0.2) is 0 Å². The van der Waals surface area contributed by atoms with Gasteiger partial charge in [-0.2, -0.15) is 0 Å². The van der Waals surface area contributed by atoms with E-state index in [1.807, 2.05) is 38.1 Å². The molecule has 0 radical (unpaired) electrons. The van der Waals surface area contributed by atoms with Gasteiger partial charge in [0.1, 0.15) is 11.5 Å². The normalized spacial score (nSPS) is 10.5. The van der Waals surface area contributed by atoms with E-state index in [1.165, 1.54) is 0 Å². The number of Topliss-reactive ketones (excluding diaryl/α,β-unsaturated/α-hetero) is 1. The van der Waals surface area contributed by atoms with Gasteiger partial charge in [0.15, 0.2) is 0 Å². The first kappa shape index (κ1) is 12.7. The number of nitrogens with one attached hydrogen (secondary N) is 1. The molecule has 3 heteroatoms. The highest BCUT2D eigenvalue weighted by Gasteiger charge is 2.05. The first-order valence-electron chi connectivity index (χ1n) is 5.50.